The summed E-state index contributed by atoms with van der Waals surface area (Å²) in [5, 5.41) is 12.3. The Morgan fingerprint density at radius 1 is 1.21 bits per heavy atom. The molecule has 0 saturated heterocycles. The first-order valence-corrected chi connectivity index (χ1v) is 7.69. The van der Waals surface area contributed by atoms with Crippen LogP contribution in [0, 0.1) is 10.1 Å². The molecule has 3 aromatic rings. The Hall–Kier alpha value is -3.02. The molecule has 2 heterocycles. The minimum atomic E-state index is -0.347. The number of nitro groups is 1. The molecule has 0 spiro atoms. The molecule has 1 aliphatic rings. The number of aromatic nitrogens is 1. The van der Waals surface area contributed by atoms with Crippen LogP contribution in [0.4, 0.5) is 0 Å². The second-order valence-corrected chi connectivity index (χ2v) is 5.89. The van der Waals surface area contributed by atoms with Crippen LogP contribution in [0.5, 0.6) is 11.5 Å². The van der Waals surface area contributed by atoms with Crippen molar-refractivity contribution in [1.82, 2.24) is 4.57 Å². The van der Waals surface area contributed by atoms with Crippen molar-refractivity contribution < 1.29 is 14.4 Å². The number of ether oxygens (including phenoxy) is 2. The summed E-state index contributed by atoms with van der Waals surface area (Å²) in [5.41, 5.74) is 2.86. The van der Waals surface area contributed by atoms with E-state index in [1.54, 1.807) is 0 Å². The molecule has 0 saturated carbocycles. The summed E-state index contributed by atoms with van der Waals surface area (Å²) in [5.74, 6) is 0.971. The molecule has 2 aromatic carbocycles. The summed E-state index contributed by atoms with van der Waals surface area (Å²) in [6, 6.07) is 13.5. The maximum Gasteiger partial charge on any atom is 0.231 e. The molecular weight excluding hydrogens is 308 g/mol. The van der Waals surface area contributed by atoms with E-state index in [2.05, 4.69) is 0 Å². The van der Waals surface area contributed by atoms with Crippen molar-refractivity contribution in [2.24, 2.45) is 7.05 Å². The van der Waals surface area contributed by atoms with Gasteiger partial charge >= 0.3 is 0 Å². The third kappa shape index (κ3) is 2.36. The topological polar surface area (TPSA) is 66.5 Å². The highest BCUT2D eigenvalue weighted by Gasteiger charge is 2.26. The lowest BCUT2D eigenvalue weighted by Crippen LogP contribution is -2.13. The van der Waals surface area contributed by atoms with Crippen LogP contribution in [0.25, 0.3) is 10.9 Å². The highest BCUT2D eigenvalue weighted by atomic mass is 16.7. The second-order valence-electron chi connectivity index (χ2n) is 5.89. The van der Waals surface area contributed by atoms with Crippen molar-refractivity contribution in [2.75, 3.05) is 13.3 Å². The van der Waals surface area contributed by atoms with Crippen molar-refractivity contribution >= 4 is 10.9 Å². The fourth-order valence-electron chi connectivity index (χ4n) is 3.31. The van der Waals surface area contributed by atoms with Gasteiger partial charge in [-0.2, -0.15) is 0 Å². The van der Waals surface area contributed by atoms with E-state index in [1.165, 1.54) is 0 Å². The predicted molar refractivity (Wildman–Crippen MR) is 89.2 cm³/mol. The number of benzene rings is 2. The fraction of sp³-hybridized carbons (Fsp3) is 0.222. The van der Waals surface area contributed by atoms with Gasteiger partial charge in [0.1, 0.15) is 0 Å². The summed E-state index contributed by atoms with van der Waals surface area (Å²) < 4.78 is 12.8. The average molecular weight is 324 g/mol. The van der Waals surface area contributed by atoms with Gasteiger partial charge in [0.15, 0.2) is 11.5 Å². The fourth-order valence-corrected chi connectivity index (χ4v) is 3.31. The van der Waals surface area contributed by atoms with Crippen LogP contribution in [-0.4, -0.2) is 22.8 Å². The van der Waals surface area contributed by atoms with Gasteiger partial charge in [-0.1, -0.05) is 24.3 Å². The van der Waals surface area contributed by atoms with Gasteiger partial charge in [-0.15, -0.1) is 0 Å². The van der Waals surface area contributed by atoms with E-state index in [4.69, 9.17) is 9.47 Å². The average Bonchev–Trinajstić information content (AvgIpc) is 3.17. The molecule has 6 heteroatoms. The van der Waals surface area contributed by atoms with Crippen LogP contribution in [0.2, 0.25) is 0 Å². The van der Waals surface area contributed by atoms with Crippen molar-refractivity contribution in [3.05, 3.63) is 69.9 Å². The number of hydrogen-bond donors (Lipinski definition) is 0. The Bertz CT molecular complexity index is 932. The largest absolute Gasteiger partial charge is 0.454 e. The van der Waals surface area contributed by atoms with Gasteiger partial charge in [-0.3, -0.25) is 10.1 Å². The van der Waals surface area contributed by atoms with E-state index in [0.717, 1.165) is 22.0 Å². The lowest BCUT2D eigenvalue weighted by molar-refractivity contribution is -0.481. The number of para-hydroxylation sites is 1. The summed E-state index contributed by atoms with van der Waals surface area (Å²) in [6.07, 6.45) is 1.98. The predicted octanol–water partition coefficient (Wildman–Crippen LogP) is 3.32. The molecule has 0 N–H and O–H groups in total. The number of rotatable bonds is 4. The zero-order chi connectivity index (χ0) is 16.7. The lowest BCUT2D eigenvalue weighted by atomic mass is 9.91. The van der Waals surface area contributed by atoms with E-state index >= 15 is 0 Å². The van der Waals surface area contributed by atoms with E-state index in [0.29, 0.717) is 11.5 Å². The molecule has 0 aliphatic carbocycles. The molecule has 24 heavy (non-hydrogen) atoms. The van der Waals surface area contributed by atoms with Crippen molar-refractivity contribution in [3.8, 4) is 11.5 Å². The Morgan fingerprint density at radius 2 is 2.00 bits per heavy atom. The van der Waals surface area contributed by atoms with Crippen molar-refractivity contribution in [1.29, 1.82) is 0 Å². The number of fused-ring (bicyclic) bond motifs is 2. The monoisotopic (exact) mass is 324 g/mol. The minimum Gasteiger partial charge on any atom is -0.454 e. The molecule has 0 radical (unpaired) electrons. The summed E-state index contributed by atoms with van der Waals surface area (Å²) in [4.78, 5) is 11.0. The van der Waals surface area contributed by atoms with Crippen LogP contribution in [0.3, 0.4) is 0 Å². The maximum absolute atomic E-state index is 11.3. The van der Waals surface area contributed by atoms with Crippen LogP contribution < -0.4 is 9.47 Å². The Morgan fingerprint density at radius 3 is 2.83 bits per heavy atom. The quantitative estimate of drug-likeness (QED) is 0.545. The molecule has 0 bridgehead atoms. The van der Waals surface area contributed by atoms with Gasteiger partial charge in [0.05, 0.1) is 5.92 Å². The first kappa shape index (κ1) is 14.6. The van der Waals surface area contributed by atoms with Gasteiger partial charge in [-0.05, 0) is 29.3 Å². The van der Waals surface area contributed by atoms with Crippen LogP contribution in [-0.2, 0) is 7.05 Å². The van der Waals surface area contributed by atoms with Gasteiger partial charge in [0.25, 0.3) is 0 Å². The highest BCUT2D eigenvalue weighted by Crippen LogP contribution is 2.38. The van der Waals surface area contributed by atoms with Crippen molar-refractivity contribution in [2.45, 2.75) is 5.92 Å². The maximum atomic E-state index is 11.3. The minimum absolute atomic E-state index is 0.173. The van der Waals surface area contributed by atoms with Crippen LogP contribution >= 0.6 is 0 Å². The van der Waals surface area contributed by atoms with E-state index in [1.807, 2.05) is 60.3 Å². The highest BCUT2D eigenvalue weighted by molar-refractivity contribution is 5.85. The number of hydrogen-bond acceptors (Lipinski definition) is 4. The molecule has 1 unspecified atom stereocenters. The third-order valence-electron chi connectivity index (χ3n) is 4.43. The number of aryl methyl sites for hydroxylation is 1. The first-order chi connectivity index (χ1) is 11.6. The van der Waals surface area contributed by atoms with Crippen LogP contribution in [0.1, 0.15) is 17.0 Å². The molecule has 6 nitrogen and oxygen atoms in total. The standard InChI is InChI=1S/C18H16N2O4/c1-19-9-15(13-4-2-3-5-16(13)19)14(10-20(21)22)12-6-7-17-18(8-12)24-11-23-17/h2-9,14H,10-11H2,1H3. The third-order valence-corrected chi connectivity index (χ3v) is 4.43. The lowest BCUT2D eigenvalue weighted by Gasteiger charge is -2.13. The van der Waals surface area contributed by atoms with Crippen LogP contribution in [0.15, 0.2) is 48.7 Å². The normalized spacial score (nSPS) is 14.0. The smallest absolute Gasteiger partial charge is 0.231 e. The second kappa shape index (κ2) is 5.56. The molecule has 1 aliphatic heterocycles. The van der Waals surface area contributed by atoms with E-state index < -0.39 is 0 Å². The molecular formula is C18H16N2O4. The Kier molecular flexibility index (Phi) is 3.37. The summed E-state index contributed by atoms with van der Waals surface area (Å²) >= 11 is 0. The molecule has 122 valence electrons. The molecule has 4 rings (SSSR count). The zero-order valence-electron chi connectivity index (χ0n) is 13.1. The Labute approximate surface area is 138 Å². The molecule has 0 amide bonds. The van der Waals surface area contributed by atoms with E-state index in [9.17, 15) is 10.1 Å². The summed E-state index contributed by atoms with van der Waals surface area (Å²) in [7, 11) is 1.95. The van der Waals surface area contributed by atoms with E-state index in [-0.39, 0.29) is 24.2 Å². The summed E-state index contributed by atoms with van der Waals surface area (Å²) in [6.45, 7) is 0.0145. The van der Waals surface area contributed by atoms with Gasteiger partial charge in [0, 0.05) is 29.1 Å². The van der Waals surface area contributed by atoms with Crippen molar-refractivity contribution in [3.63, 3.8) is 0 Å². The van der Waals surface area contributed by atoms with Gasteiger partial charge in [-0.25, -0.2) is 0 Å². The first-order valence-electron chi connectivity index (χ1n) is 7.69. The number of nitrogens with zero attached hydrogens (tertiary/aromatic N) is 2. The van der Waals surface area contributed by atoms with Gasteiger partial charge in [0.2, 0.25) is 13.3 Å². The molecule has 1 aromatic heterocycles. The van der Waals surface area contributed by atoms with Gasteiger partial charge < -0.3 is 14.0 Å². The molecule has 1 atom stereocenters. The SMILES string of the molecule is Cn1cc(C(C[N+](=O)[O-])c2ccc3c(c2)OCO3)c2ccccc21. The Balaban J connectivity index is 1.86. The molecule has 0 fully saturated rings. The zero-order valence-corrected chi connectivity index (χ0v) is 13.1.